The summed E-state index contributed by atoms with van der Waals surface area (Å²) in [6.45, 7) is 4.85. The Kier molecular flexibility index (Phi) is 5.14. The van der Waals surface area contributed by atoms with E-state index in [2.05, 4.69) is 12.2 Å². The van der Waals surface area contributed by atoms with E-state index in [-0.39, 0.29) is 5.82 Å². The molecule has 0 bridgehead atoms. The van der Waals surface area contributed by atoms with Gasteiger partial charge < -0.3 is 10.1 Å². The fourth-order valence-electron chi connectivity index (χ4n) is 2.66. The minimum atomic E-state index is -0.162. The fourth-order valence-corrected chi connectivity index (χ4v) is 2.66. The number of likely N-dealkylation sites (N-methyl/N-ethyl adjacent to an activating group) is 1. The Balaban J connectivity index is 1.98. The highest BCUT2D eigenvalue weighted by molar-refractivity contribution is 5.17. The Labute approximate surface area is 109 Å². The standard InChI is InChI=1S/C15H22FNO/c1-2-17-15(13-7-9-18-10-8-13)11-12-3-5-14(16)6-4-12/h3-6,13,15,17H,2,7-11H2,1H3. The summed E-state index contributed by atoms with van der Waals surface area (Å²) in [7, 11) is 0. The van der Waals surface area contributed by atoms with Crippen molar-refractivity contribution in [3.05, 3.63) is 35.6 Å². The van der Waals surface area contributed by atoms with Crippen molar-refractivity contribution in [2.45, 2.75) is 32.2 Å². The Morgan fingerprint density at radius 3 is 2.56 bits per heavy atom. The Bertz CT molecular complexity index is 346. The molecule has 1 fully saturated rings. The van der Waals surface area contributed by atoms with Crippen molar-refractivity contribution >= 4 is 0 Å². The van der Waals surface area contributed by atoms with Crippen LogP contribution < -0.4 is 5.32 Å². The summed E-state index contributed by atoms with van der Waals surface area (Å²) >= 11 is 0. The SMILES string of the molecule is CCNC(Cc1ccc(F)cc1)C1CCOCC1. The highest BCUT2D eigenvalue weighted by atomic mass is 19.1. The summed E-state index contributed by atoms with van der Waals surface area (Å²) in [6.07, 6.45) is 3.22. The van der Waals surface area contributed by atoms with E-state index in [4.69, 9.17) is 4.74 Å². The van der Waals surface area contributed by atoms with Gasteiger partial charge in [-0.05, 0) is 49.4 Å². The maximum absolute atomic E-state index is 12.9. The Morgan fingerprint density at radius 1 is 1.28 bits per heavy atom. The maximum Gasteiger partial charge on any atom is 0.123 e. The average molecular weight is 251 g/mol. The van der Waals surface area contributed by atoms with Gasteiger partial charge in [-0.2, -0.15) is 0 Å². The molecular formula is C15H22FNO. The van der Waals surface area contributed by atoms with E-state index < -0.39 is 0 Å². The molecule has 0 amide bonds. The molecule has 0 aliphatic carbocycles. The number of rotatable bonds is 5. The molecule has 3 heteroatoms. The van der Waals surface area contributed by atoms with Crippen LogP contribution in [0.25, 0.3) is 0 Å². The van der Waals surface area contributed by atoms with Crippen molar-refractivity contribution in [3.63, 3.8) is 0 Å². The van der Waals surface area contributed by atoms with Gasteiger partial charge in [-0.15, -0.1) is 0 Å². The predicted octanol–water partition coefficient (Wildman–Crippen LogP) is 2.77. The Hall–Kier alpha value is -0.930. The van der Waals surface area contributed by atoms with Gasteiger partial charge in [0, 0.05) is 19.3 Å². The molecule has 0 radical (unpaired) electrons. The first-order valence-electron chi connectivity index (χ1n) is 6.85. The molecule has 100 valence electrons. The smallest absolute Gasteiger partial charge is 0.123 e. The summed E-state index contributed by atoms with van der Waals surface area (Å²) in [6, 6.07) is 7.34. The lowest BCUT2D eigenvalue weighted by Crippen LogP contribution is -2.40. The molecule has 2 rings (SSSR count). The topological polar surface area (TPSA) is 21.3 Å². The zero-order valence-electron chi connectivity index (χ0n) is 11.0. The lowest BCUT2D eigenvalue weighted by molar-refractivity contribution is 0.0540. The molecule has 1 atom stereocenters. The van der Waals surface area contributed by atoms with Crippen LogP contribution in [0.3, 0.4) is 0 Å². The number of nitrogens with one attached hydrogen (secondary N) is 1. The van der Waals surface area contributed by atoms with Crippen molar-refractivity contribution in [1.82, 2.24) is 5.32 Å². The van der Waals surface area contributed by atoms with Crippen molar-refractivity contribution in [3.8, 4) is 0 Å². The third kappa shape index (κ3) is 3.79. The van der Waals surface area contributed by atoms with E-state index in [1.54, 1.807) is 12.1 Å². The van der Waals surface area contributed by atoms with Gasteiger partial charge in [-0.25, -0.2) is 4.39 Å². The molecule has 1 aromatic carbocycles. The van der Waals surface area contributed by atoms with Crippen LogP contribution in [0.5, 0.6) is 0 Å². The summed E-state index contributed by atoms with van der Waals surface area (Å²) in [5, 5.41) is 3.57. The molecule has 18 heavy (non-hydrogen) atoms. The van der Waals surface area contributed by atoms with Crippen LogP contribution >= 0.6 is 0 Å². The first-order chi connectivity index (χ1) is 8.79. The lowest BCUT2D eigenvalue weighted by atomic mass is 9.87. The molecule has 1 aliphatic rings. The normalized spacial score (nSPS) is 18.8. The maximum atomic E-state index is 12.9. The third-order valence-electron chi connectivity index (χ3n) is 3.67. The van der Waals surface area contributed by atoms with Crippen molar-refractivity contribution in [2.75, 3.05) is 19.8 Å². The van der Waals surface area contributed by atoms with Gasteiger partial charge in [0.25, 0.3) is 0 Å². The molecule has 1 unspecified atom stereocenters. The van der Waals surface area contributed by atoms with Crippen LogP contribution in [0, 0.1) is 11.7 Å². The zero-order chi connectivity index (χ0) is 12.8. The monoisotopic (exact) mass is 251 g/mol. The first kappa shape index (κ1) is 13.5. The van der Waals surface area contributed by atoms with Gasteiger partial charge >= 0.3 is 0 Å². The third-order valence-corrected chi connectivity index (χ3v) is 3.67. The molecule has 0 spiro atoms. The zero-order valence-corrected chi connectivity index (χ0v) is 11.0. The van der Waals surface area contributed by atoms with Gasteiger partial charge in [0.15, 0.2) is 0 Å². The second-order valence-corrected chi connectivity index (χ2v) is 4.94. The van der Waals surface area contributed by atoms with E-state index in [0.717, 1.165) is 39.0 Å². The number of halogens is 1. The first-order valence-corrected chi connectivity index (χ1v) is 6.85. The van der Waals surface area contributed by atoms with Gasteiger partial charge in [-0.1, -0.05) is 19.1 Å². The number of hydrogen-bond donors (Lipinski definition) is 1. The van der Waals surface area contributed by atoms with E-state index >= 15 is 0 Å². The molecule has 1 heterocycles. The van der Waals surface area contributed by atoms with Crippen molar-refractivity contribution in [1.29, 1.82) is 0 Å². The summed E-state index contributed by atoms with van der Waals surface area (Å²) in [5.74, 6) is 0.508. The van der Waals surface area contributed by atoms with Crippen LogP contribution in [0.2, 0.25) is 0 Å². The number of hydrogen-bond acceptors (Lipinski definition) is 2. The van der Waals surface area contributed by atoms with E-state index in [1.807, 2.05) is 12.1 Å². The molecule has 1 saturated heterocycles. The van der Waals surface area contributed by atoms with Crippen molar-refractivity contribution < 1.29 is 9.13 Å². The second kappa shape index (κ2) is 6.86. The van der Waals surface area contributed by atoms with Gasteiger partial charge in [-0.3, -0.25) is 0 Å². The largest absolute Gasteiger partial charge is 0.381 e. The summed E-state index contributed by atoms with van der Waals surface area (Å²) < 4.78 is 18.3. The quantitative estimate of drug-likeness (QED) is 0.869. The minimum absolute atomic E-state index is 0.162. The molecule has 1 N–H and O–H groups in total. The fraction of sp³-hybridized carbons (Fsp3) is 0.600. The van der Waals surface area contributed by atoms with Crippen LogP contribution in [-0.2, 0) is 11.2 Å². The second-order valence-electron chi connectivity index (χ2n) is 4.94. The molecule has 0 saturated carbocycles. The molecule has 0 aromatic heterocycles. The van der Waals surface area contributed by atoms with Gasteiger partial charge in [0.2, 0.25) is 0 Å². The Morgan fingerprint density at radius 2 is 1.94 bits per heavy atom. The summed E-state index contributed by atoms with van der Waals surface area (Å²) in [4.78, 5) is 0. The average Bonchev–Trinajstić information content (AvgIpc) is 2.42. The molecular weight excluding hydrogens is 229 g/mol. The number of ether oxygens (including phenoxy) is 1. The molecule has 1 aromatic rings. The molecule has 2 nitrogen and oxygen atoms in total. The van der Waals surface area contributed by atoms with Crippen LogP contribution in [0.1, 0.15) is 25.3 Å². The van der Waals surface area contributed by atoms with Gasteiger partial charge in [0.05, 0.1) is 0 Å². The minimum Gasteiger partial charge on any atom is -0.381 e. The number of benzene rings is 1. The van der Waals surface area contributed by atoms with Crippen molar-refractivity contribution in [2.24, 2.45) is 5.92 Å². The van der Waals surface area contributed by atoms with E-state index in [1.165, 1.54) is 5.56 Å². The van der Waals surface area contributed by atoms with Crippen LogP contribution in [-0.4, -0.2) is 25.8 Å². The van der Waals surface area contributed by atoms with Crippen LogP contribution in [0.4, 0.5) is 4.39 Å². The highest BCUT2D eigenvalue weighted by Crippen LogP contribution is 2.21. The van der Waals surface area contributed by atoms with E-state index in [9.17, 15) is 4.39 Å². The predicted molar refractivity (Wildman–Crippen MR) is 71.1 cm³/mol. The lowest BCUT2D eigenvalue weighted by Gasteiger charge is -2.31. The van der Waals surface area contributed by atoms with Gasteiger partial charge in [0.1, 0.15) is 5.82 Å². The highest BCUT2D eigenvalue weighted by Gasteiger charge is 2.23. The molecule has 1 aliphatic heterocycles. The summed E-state index contributed by atoms with van der Waals surface area (Å²) in [5.41, 5.74) is 1.20. The van der Waals surface area contributed by atoms with E-state index in [0.29, 0.717) is 12.0 Å². The van der Waals surface area contributed by atoms with Crippen LogP contribution in [0.15, 0.2) is 24.3 Å².